The van der Waals surface area contributed by atoms with E-state index in [1.165, 1.54) is 0 Å². The maximum atomic E-state index is 13.3. The molecule has 1 heterocycles. The number of hydrogen-bond acceptors (Lipinski definition) is 2. The van der Waals surface area contributed by atoms with E-state index in [0.717, 1.165) is 19.3 Å². The number of rotatable bonds is 10. The molecule has 1 aliphatic rings. The smallest absolute Gasteiger partial charge is 0.353 e. The van der Waals surface area contributed by atoms with E-state index in [0.29, 0.717) is 13.0 Å². The summed E-state index contributed by atoms with van der Waals surface area (Å²) in [5, 5.41) is 0. The Morgan fingerprint density at radius 3 is 1.92 bits per heavy atom. The Morgan fingerprint density at radius 1 is 0.769 bits per heavy atom. The van der Waals surface area contributed by atoms with Crippen molar-refractivity contribution in [1.29, 1.82) is 0 Å². The lowest BCUT2D eigenvalue weighted by atomic mass is 9.98. The van der Waals surface area contributed by atoms with E-state index in [1.54, 1.807) is 0 Å². The first-order valence-corrected chi connectivity index (χ1v) is 8.26. The fourth-order valence-corrected chi connectivity index (χ4v) is 2.42. The molecule has 2 nitrogen and oxygen atoms in total. The zero-order chi connectivity index (χ0) is 20.1. The highest BCUT2D eigenvalue weighted by Crippen LogP contribution is 2.54. The Morgan fingerprint density at radius 2 is 1.38 bits per heavy atom. The SMILES string of the molecule is FC(F)(F)C(F)(F)C(F)(F)C(F)(F)CCCCCCOC1CCCCO1. The van der Waals surface area contributed by atoms with Crippen molar-refractivity contribution in [1.82, 2.24) is 0 Å². The highest BCUT2D eigenvalue weighted by atomic mass is 19.4. The third kappa shape index (κ3) is 5.64. The minimum atomic E-state index is -6.81. The number of ether oxygens (including phenoxy) is 2. The molecule has 26 heavy (non-hydrogen) atoms. The van der Waals surface area contributed by atoms with Crippen molar-refractivity contribution in [3.05, 3.63) is 0 Å². The van der Waals surface area contributed by atoms with E-state index < -0.39 is 36.8 Å². The van der Waals surface area contributed by atoms with Crippen LogP contribution in [0, 0.1) is 0 Å². The zero-order valence-electron chi connectivity index (χ0n) is 13.9. The van der Waals surface area contributed by atoms with Gasteiger partial charge in [0.25, 0.3) is 0 Å². The molecule has 1 rings (SSSR count). The van der Waals surface area contributed by atoms with Crippen molar-refractivity contribution in [3.8, 4) is 0 Å². The van der Waals surface area contributed by atoms with Crippen molar-refractivity contribution < 1.29 is 49.0 Å². The van der Waals surface area contributed by atoms with Gasteiger partial charge >= 0.3 is 23.9 Å². The lowest BCUT2D eigenvalue weighted by Gasteiger charge is -2.33. The molecule has 0 aromatic heterocycles. The molecular formula is C15H21F9O2. The molecule has 1 saturated heterocycles. The molecule has 1 aliphatic heterocycles. The standard InChI is InChI=1S/C15H21F9O2/c16-12(17,13(18,19)14(20,21)15(22,23)24)8-4-1-2-5-9-25-11-7-3-6-10-26-11/h11H,1-10H2. The summed E-state index contributed by atoms with van der Waals surface area (Å²) in [5.74, 6) is -18.8. The summed E-state index contributed by atoms with van der Waals surface area (Å²) in [4.78, 5) is 0. The Hall–Kier alpha value is -0.710. The minimum absolute atomic E-state index is 0.0296. The van der Waals surface area contributed by atoms with Crippen LogP contribution in [0.2, 0.25) is 0 Å². The molecule has 11 heteroatoms. The fourth-order valence-electron chi connectivity index (χ4n) is 2.42. The van der Waals surface area contributed by atoms with Crippen molar-refractivity contribution >= 4 is 0 Å². The molecular weight excluding hydrogens is 383 g/mol. The quantitative estimate of drug-likeness (QED) is 0.331. The zero-order valence-corrected chi connectivity index (χ0v) is 13.9. The molecule has 1 unspecified atom stereocenters. The van der Waals surface area contributed by atoms with Gasteiger partial charge in [-0.1, -0.05) is 12.8 Å². The molecule has 0 aromatic carbocycles. The summed E-state index contributed by atoms with van der Waals surface area (Å²) < 4.78 is 125. The van der Waals surface area contributed by atoms with Crippen LogP contribution in [0.3, 0.4) is 0 Å². The van der Waals surface area contributed by atoms with Crippen LogP contribution in [0.4, 0.5) is 39.5 Å². The van der Waals surface area contributed by atoms with Gasteiger partial charge in [0.05, 0.1) is 0 Å². The molecule has 0 aromatic rings. The van der Waals surface area contributed by atoms with Gasteiger partial charge in [0.2, 0.25) is 0 Å². The second-order valence-corrected chi connectivity index (χ2v) is 6.18. The second kappa shape index (κ2) is 8.99. The van der Waals surface area contributed by atoms with Crippen molar-refractivity contribution in [2.45, 2.75) is 81.6 Å². The average molecular weight is 404 g/mol. The van der Waals surface area contributed by atoms with Gasteiger partial charge in [-0.05, 0) is 32.1 Å². The maximum Gasteiger partial charge on any atom is 0.460 e. The van der Waals surface area contributed by atoms with Gasteiger partial charge in [0.15, 0.2) is 6.29 Å². The number of hydrogen-bond donors (Lipinski definition) is 0. The first-order valence-electron chi connectivity index (χ1n) is 8.26. The monoisotopic (exact) mass is 404 g/mol. The lowest BCUT2D eigenvalue weighted by molar-refractivity contribution is -0.396. The summed E-state index contributed by atoms with van der Waals surface area (Å²) in [6.45, 7) is 0.833. The van der Waals surface area contributed by atoms with Crippen LogP contribution in [0.25, 0.3) is 0 Å². The Balaban J connectivity index is 2.31. The topological polar surface area (TPSA) is 18.5 Å². The van der Waals surface area contributed by atoms with Crippen molar-refractivity contribution in [2.75, 3.05) is 13.2 Å². The van der Waals surface area contributed by atoms with Gasteiger partial charge in [-0.3, -0.25) is 0 Å². The Kier molecular flexibility index (Phi) is 8.06. The molecule has 156 valence electrons. The first kappa shape index (κ1) is 23.3. The van der Waals surface area contributed by atoms with Crippen molar-refractivity contribution in [3.63, 3.8) is 0 Å². The van der Waals surface area contributed by atoms with E-state index in [9.17, 15) is 39.5 Å². The molecule has 0 saturated carbocycles. The predicted octanol–water partition coefficient (Wildman–Crippen LogP) is 5.95. The predicted molar refractivity (Wildman–Crippen MR) is 73.5 cm³/mol. The van der Waals surface area contributed by atoms with Gasteiger partial charge in [-0.2, -0.15) is 39.5 Å². The van der Waals surface area contributed by atoms with E-state index in [-0.39, 0.29) is 25.7 Å². The Bertz CT molecular complexity index is 418. The van der Waals surface area contributed by atoms with Crippen LogP contribution in [0.15, 0.2) is 0 Å². The molecule has 0 spiro atoms. The van der Waals surface area contributed by atoms with Crippen LogP contribution in [0.5, 0.6) is 0 Å². The van der Waals surface area contributed by atoms with Crippen molar-refractivity contribution in [2.24, 2.45) is 0 Å². The molecule has 1 atom stereocenters. The molecule has 0 aliphatic carbocycles. The third-order valence-corrected chi connectivity index (χ3v) is 4.04. The van der Waals surface area contributed by atoms with Crippen LogP contribution in [-0.2, 0) is 9.47 Å². The van der Waals surface area contributed by atoms with Gasteiger partial charge < -0.3 is 9.47 Å². The summed E-state index contributed by atoms with van der Waals surface area (Å²) in [5.41, 5.74) is 0. The summed E-state index contributed by atoms with van der Waals surface area (Å²) in [7, 11) is 0. The highest BCUT2D eigenvalue weighted by Gasteiger charge is 2.81. The minimum Gasteiger partial charge on any atom is -0.353 e. The van der Waals surface area contributed by atoms with Gasteiger partial charge in [0, 0.05) is 19.6 Å². The van der Waals surface area contributed by atoms with E-state index in [4.69, 9.17) is 9.47 Å². The first-order chi connectivity index (χ1) is 11.8. The molecule has 0 radical (unpaired) electrons. The third-order valence-electron chi connectivity index (χ3n) is 4.04. The van der Waals surface area contributed by atoms with Crippen LogP contribution in [-0.4, -0.2) is 43.4 Å². The van der Waals surface area contributed by atoms with Crippen LogP contribution >= 0.6 is 0 Å². The summed E-state index contributed by atoms with van der Waals surface area (Å²) >= 11 is 0. The summed E-state index contributed by atoms with van der Waals surface area (Å²) in [6.07, 6.45) is -6.20. The molecule has 1 fully saturated rings. The number of halogens is 9. The van der Waals surface area contributed by atoms with Gasteiger partial charge in [-0.15, -0.1) is 0 Å². The molecule has 0 amide bonds. The second-order valence-electron chi connectivity index (χ2n) is 6.18. The fraction of sp³-hybridized carbons (Fsp3) is 1.00. The summed E-state index contributed by atoms with van der Waals surface area (Å²) in [6, 6.07) is 0. The van der Waals surface area contributed by atoms with E-state index in [1.807, 2.05) is 0 Å². The Labute approximate surface area is 145 Å². The lowest BCUT2D eigenvalue weighted by Crippen LogP contribution is -2.60. The normalized spacial score (nSPS) is 20.4. The van der Waals surface area contributed by atoms with Crippen LogP contribution < -0.4 is 0 Å². The molecule has 0 bridgehead atoms. The molecule has 0 N–H and O–H groups in total. The highest BCUT2D eigenvalue weighted by molar-refractivity contribution is 5.00. The van der Waals surface area contributed by atoms with Crippen LogP contribution in [0.1, 0.15) is 51.4 Å². The van der Waals surface area contributed by atoms with E-state index >= 15 is 0 Å². The number of alkyl halides is 9. The van der Waals surface area contributed by atoms with Gasteiger partial charge in [-0.25, -0.2) is 0 Å². The van der Waals surface area contributed by atoms with Gasteiger partial charge in [0.1, 0.15) is 0 Å². The average Bonchev–Trinajstić information content (AvgIpc) is 2.53. The largest absolute Gasteiger partial charge is 0.460 e. The maximum absolute atomic E-state index is 13.3. The van der Waals surface area contributed by atoms with E-state index in [2.05, 4.69) is 0 Å². The number of unbranched alkanes of at least 4 members (excludes halogenated alkanes) is 3.